The van der Waals surface area contributed by atoms with Gasteiger partial charge in [-0.05, 0) is 43.7 Å². The number of likely N-dealkylation sites (N-methyl/N-ethyl adjacent to an activating group) is 1. The maximum atomic E-state index is 13.5. The number of unbranched alkanes of at least 4 members (excludes halogenated alkanes) is 1. The van der Waals surface area contributed by atoms with Crippen LogP contribution in [-0.4, -0.2) is 57.1 Å². The van der Waals surface area contributed by atoms with E-state index in [2.05, 4.69) is 0 Å². The van der Waals surface area contributed by atoms with Crippen LogP contribution < -0.4 is 9.64 Å². The summed E-state index contributed by atoms with van der Waals surface area (Å²) in [5, 5.41) is 8.77. The Morgan fingerprint density at radius 1 is 1.26 bits per heavy atom. The molecule has 7 nitrogen and oxygen atoms in total. The van der Waals surface area contributed by atoms with E-state index in [0.29, 0.717) is 42.7 Å². The second-order valence-corrected chi connectivity index (χ2v) is 10.6. The molecular formula is C23H28F2N2O5S2. The van der Waals surface area contributed by atoms with E-state index in [1.165, 1.54) is 22.1 Å². The number of hydrogen-bond donors (Lipinski definition) is 3. The van der Waals surface area contributed by atoms with Crippen molar-refractivity contribution in [2.24, 2.45) is 0 Å². The molecule has 0 aliphatic carbocycles. The van der Waals surface area contributed by atoms with Crippen molar-refractivity contribution in [3.63, 3.8) is 0 Å². The standard InChI is InChI=1S/C23H28F2N2O5S2/c1-26-17(10-6-7-11-24)14-27(16-8-4-3-5-9-16)19-12-21(33-2)20(13-22(19)34(26,30)31)32-15-18(25)23(28)29/h3-5,8-9,12-13,15,17,30-31H,6-7,10-11,14H2,1-2H3,(H,28,29)/b18-15-. The average molecular weight is 515 g/mol. The largest absolute Gasteiger partial charge is 0.476 e. The molecule has 34 heavy (non-hydrogen) atoms. The summed E-state index contributed by atoms with van der Waals surface area (Å²) in [6.07, 6.45) is 3.78. The van der Waals surface area contributed by atoms with E-state index in [0.717, 1.165) is 5.69 Å². The fraction of sp³-hybridized carbons (Fsp3) is 0.348. The summed E-state index contributed by atoms with van der Waals surface area (Å²) in [5.41, 5.74) is 1.38. The third-order valence-corrected chi connectivity index (χ3v) is 8.40. The number of benzene rings is 2. The monoisotopic (exact) mass is 514 g/mol. The quantitative estimate of drug-likeness (QED) is 0.155. The minimum Gasteiger partial charge on any atom is -0.476 e. The molecule has 0 radical (unpaired) electrons. The van der Waals surface area contributed by atoms with Gasteiger partial charge >= 0.3 is 5.97 Å². The van der Waals surface area contributed by atoms with Crippen LogP contribution in [0.1, 0.15) is 19.3 Å². The van der Waals surface area contributed by atoms with Gasteiger partial charge in [-0.25, -0.2) is 9.10 Å². The minimum absolute atomic E-state index is 0.0971. The first-order valence-electron chi connectivity index (χ1n) is 10.6. The van der Waals surface area contributed by atoms with Gasteiger partial charge in [0.05, 0.1) is 17.3 Å². The van der Waals surface area contributed by atoms with Gasteiger partial charge in [-0.1, -0.05) is 18.2 Å². The Bertz CT molecular complexity index is 1040. The van der Waals surface area contributed by atoms with Crippen LogP contribution in [0.3, 0.4) is 0 Å². The predicted molar refractivity (Wildman–Crippen MR) is 132 cm³/mol. The lowest BCUT2D eigenvalue weighted by Gasteiger charge is -2.43. The van der Waals surface area contributed by atoms with Crippen LogP contribution in [0.2, 0.25) is 0 Å². The van der Waals surface area contributed by atoms with Crippen LogP contribution in [0, 0.1) is 0 Å². The molecule has 1 atom stereocenters. The van der Waals surface area contributed by atoms with Crippen molar-refractivity contribution < 1.29 is 32.5 Å². The van der Waals surface area contributed by atoms with Crippen LogP contribution in [-0.2, 0) is 4.79 Å². The SMILES string of the molecule is CSc1cc2c(cc1O/C=C(\F)C(=O)O)S(O)(O)N(C)C(CCCCF)CN2c1ccccc1. The van der Waals surface area contributed by atoms with E-state index >= 15 is 0 Å². The molecule has 186 valence electrons. The van der Waals surface area contributed by atoms with Crippen molar-refractivity contribution >= 4 is 39.9 Å². The predicted octanol–water partition coefficient (Wildman–Crippen LogP) is 6.30. The van der Waals surface area contributed by atoms with Crippen LogP contribution >= 0.6 is 22.5 Å². The second-order valence-electron chi connectivity index (χ2n) is 7.71. The third-order valence-electron chi connectivity index (χ3n) is 5.62. The summed E-state index contributed by atoms with van der Waals surface area (Å²) in [6, 6.07) is 12.3. The van der Waals surface area contributed by atoms with Crippen molar-refractivity contribution in [1.82, 2.24) is 4.31 Å². The van der Waals surface area contributed by atoms with Gasteiger partial charge in [0.1, 0.15) is 16.9 Å². The summed E-state index contributed by atoms with van der Waals surface area (Å²) < 4.78 is 55.8. The normalized spacial score (nSPS) is 19.3. The first-order valence-corrected chi connectivity index (χ1v) is 13.3. The Morgan fingerprint density at radius 2 is 1.97 bits per heavy atom. The number of para-hydroxylation sites is 1. The van der Waals surface area contributed by atoms with E-state index in [1.807, 2.05) is 35.2 Å². The molecule has 1 heterocycles. The van der Waals surface area contributed by atoms with Crippen molar-refractivity contribution in [3.8, 4) is 5.75 Å². The van der Waals surface area contributed by atoms with Crippen LogP contribution in [0.25, 0.3) is 0 Å². The fourth-order valence-electron chi connectivity index (χ4n) is 3.77. The van der Waals surface area contributed by atoms with Crippen molar-refractivity contribution in [2.45, 2.75) is 35.1 Å². The Kier molecular flexibility index (Phi) is 8.83. The highest BCUT2D eigenvalue weighted by Gasteiger charge is 2.38. The molecule has 0 amide bonds. The minimum atomic E-state index is -3.51. The van der Waals surface area contributed by atoms with Gasteiger partial charge in [-0.2, -0.15) is 4.39 Å². The Morgan fingerprint density at radius 3 is 2.59 bits per heavy atom. The molecule has 1 aliphatic heterocycles. The molecular weight excluding hydrogens is 486 g/mol. The number of nitrogens with zero attached hydrogens (tertiary/aromatic N) is 2. The Labute approximate surface area is 203 Å². The number of halogens is 2. The van der Waals surface area contributed by atoms with E-state index in [9.17, 15) is 22.7 Å². The third kappa shape index (κ3) is 5.66. The molecule has 0 bridgehead atoms. The number of hydrogen-bond acceptors (Lipinski definition) is 7. The van der Waals surface area contributed by atoms with E-state index in [-0.39, 0.29) is 16.7 Å². The summed E-state index contributed by atoms with van der Waals surface area (Å²) in [4.78, 5) is 13.5. The van der Waals surface area contributed by atoms with Gasteiger partial charge in [-0.3, -0.25) is 13.5 Å². The molecule has 0 aromatic heterocycles. The average Bonchev–Trinajstić information content (AvgIpc) is 2.91. The number of carbonyl (C=O) groups is 1. The first-order chi connectivity index (χ1) is 16.2. The first kappa shape index (κ1) is 26.3. The molecule has 2 aromatic carbocycles. The molecule has 3 N–H and O–H groups in total. The lowest BCUT2D eigenvalue weighted by Crippen LogP contribution is -2.39. The topological polar surface area (TPSA) is 93.5 Å². The molecule has 2 aromatic rings. The molecule has 1 unspecified atom stereocenters. The zero-order chi connectivity index (χ0) is 24.9. The van der Waals surface area contributed by atoms with Gasteiger partial charge in [0.25, 0.3) is 0 Å². The molecule has 0 fully saturated rings. The number of ether oxygens (including phenoxy) is 1. The summed E-state index contributed by atoms with van der Waals surface area (Å²) >= 11 is 1.29. The molecule has 3 rings (SSSR count). The smallest absolute Gasteiger partial charge is 0.368 e. The highest BCUT2D eigenvalue weighted by molar-refractivity contribution is 8.22. The van der Waals surface area contributed by atoms with Gasteiger partial charge in [0, 0.05) is 31.4 Å². The highest BCUT2D eigenvalue weighted by atomic mass is 32.3. The lowest BCUT2D eigenvalue weighted by molar-refractivity contribution is -0.134. The van der Waals surface area contributed by atoms with Gasteiger partial charge in [0.15, 0.2) is 0 Å². The zero-order valence-electron chi connectivity index (χ0n) is 18.9. The molecule has 1 aliphatic rings. The van der Waals surface area contributed by atoms with E-state index in [1.54, 1.807) is 19.4 Å². The highest BCUT2D eigenvalue weighted by Crippen LogP contribution is 2.60. The molecule has 11 heteroatoms. The lowest BCUT2D eigenvalue weighted by atomic mass is 10.1. The van der Waals surface area contributed by atoms with E-state index in [4.69, 9.17) is 9.84 Å². The molecule has 0 saturated heterocycles. The van der Waals surface area contributed by atoms with Crippen molar-refractivity contribution in [1.29, 1.82) is 0 Å². The fourth-order valence-corrected chi connectivity index (χ4v) is 5.92. The Balaban J connectivity index is 2.16. The number of rotatable bonds is 9. The summed E-state index contributed by atoms with van der Waals surface area (Å²) in [7, 11) is -1.90. The maximum absolute atomic E-state index is 13.5. The number of aliphatic carboxylic acids is 1. The number of fused-ring (bicyclic) bond motifs is 1. The van der Waals surface area contributed by atoms with Gasteiger partial charge in [0.2, 0.25) is 5.83 Å². The second kappa shape index (κ2) is 11.4. The zero-order valence-corrected chi connectivity index (χ0v) is 20.5. The Hall–Kier alpha value is -2.31. The van der Waals surface area contributed by atoms with E-state index < -0.39 is 29.2 Å². The number of alkyl halides is 1. The van der Waals surface area contributed by atoms with Crippen molar-refractivity contribution in [2.75, 3.05) is 31.4 Å². The molecule has 0 saturated carbocycles. The molecule has 0 spiro atoms. The van der Waals surface area contributed by atoms with Gasteiger partial charge < -0.3 is 14.7 Å². The van der Waals surface area contributed by atoms with Crippen LogP contribution in [0.5, 0.6) is 5.75 Å². The number of thioether (sulfide) groups is 1. The summed E-state index contributed by atoms with van der Waals surface area (Å²) in [6.45, 7) is -0.00918. The van der Waals surface area contributed by atoms with Crippen LogP contribution in [0.4, 0.5) is 20.2 Å². The van der Waals surface area contributed by atoms with Gasteiger partial charge in [-0.15, -0.1) is 22.5 Å². The number of carboxylic acid groups (broad SMARTS) is 1. The number of carboxylic acids is 1. The number of anilines is 2. The van der Waals surface area contributed by atoms with Crippen LogP contribution in [0.15, 0.2) is 64.3 Å². The maximum Gasteiger partial charge on any atom is 0.368 e. The van der Waals surface area contributed by atoms with Crippen molar-refractivity contribution in [3.05, 3.63) is 54.6 Å². The summed E-state index contributed by atoms with van der Waals surface area (Å²) in [5.74, 6) is -3.15.